The second kappa shape index (κ2) is 5.77. The highest BCUT2D eigenvalue weighted by atomic mass is 32.1. The zero-order chi connectivity index (χ0) is 14.8. The van der Waals surface area contributed by atoms with E-state index in [4.69, 9.17) is 4.74 Å². The molecule has 0 N–H and O–H groups in total. The van der Waals surface area contributed by atoms with E-state index in [0.717, 1.165) is 17.1 Å². The van der Waals surface area contributed by atoms with Gasteiger partial charge in [0.1, 0.15) is 6.61 Å². The molecular formula is C14H12F2N2O2S. The number of amides is 1. The molecular weight excluding hydrogens is 298 g/mol. The lowest BCUT2D eigenvalue weighted by Gasteiger charge is -2.10. The van der Waals surface area contributed by atoms with Crippen LogP contribution in [-0.4, -0.2) is 35.7 Å². The van der Waals surface area contributed by atoms with Crippen molar-refractivity contribution < 1.29 is 18.3 Å². The van der Waals surface area contributed by atoms with Gasteiger partial charge in [0, 0.05) is 23.9 Å². The van der Waals surface area contributed by atoms with Gasteiger partial charge in [0.15, 0.2) is 11.6 Å². The van der Waals surface area contributed by atoms with Crippen LogP contribution >= 0.6 is 11.3 Å². The number of thiazole rings is 1. The number of ether oxygens (including phenoxy) is 1. The number of aromatic nitrogens is 1. The molecule has 0 bridgehead atoms. The Labute approximate surface area is 124 Å². The van der Waals surface area contributed by atoms with Gasteiger partial charge in [-0.3, -0.25) is 0 Å². The SMILES string of the molecule is O=C1OCCN1CCc1nc(-c2ccc(F)c(F)c2)cs1. The fourth-order valence-electron chi connectivity index (χ4n) is 2.07. The van der Waals surface area contributed by atoms with Crippen LogP contribution in [0.4, 0.5) is 13.6 Å². The minimum Gasteiger partial charge on any atom is -0.448 e. The fraction of sp³-hybridized carbons (Fsp3) is 0.286. The minimum absolute atomic E-state index is 0.299. The molecule has 2 aromatic rings. The molecule has 1 aromatic heterocycles. The summed E-state index contributed by atoms with van der Waals surface area (Å²) < 4.78 is 31.0. The first-order chi connectivity index (χ1) is 10.1. The summed E-state index contributed by atoms with van der Waals surface area (Å²) >= 11 is 1.43. The number of cyclic esters (lactones) is 1. The summed E-state index contributed by atoms with van der Waals surface area (Å²) in [6.45, 7) is 1.57. The molecule has 0 spiro atoms. The summed E-state index contributed by atoms with van der Waals surface area (Å²) in [4.78, 5) is 17.3. The Morgan fingerprint density at radius 1 is 1.33 bits per heavy atom. The maximum absolute atomic E-state index is 13.2. The van der Waals surface area contributed by atoms with Gasteiger partial charge in [-0.2, -0.15) is 0 Å². The molecule has 0 aliphatic carbocycles. The Kier molecular flexibility index (Phi) is 3.83. The lowest BCUT2D eigenvalue weighted by Crippen LogP contribution is -2.26. The van der Waals surface area contributed by atoms with Crippen LogP contribution in [0.25, 0.3) is 11.3 Å². The van der Waals surface area contributed by atoms with Gasteiger partial charge in [0.25, 0.3) is 0 Å². The predicted molar refractivity (Wildman–Crippen MR) is 74.1 cm³/mol. The number of hydrogen-bond donors (Lipinski definition) is 0. The van der Waals surface area contributed by atoms with E-state index in [9.17, 15) is 13.6 Å². The van der Waals surface area contributed by atoms with Gasteiger partial charge < -0.3 is 9.64 Å². The van der Waals surface area contributed by atoms with Crippen molar-refractivity contribution in [2.75, 3.05) is 19.7 Å². The van der Waals surface area contributed by atoms with E-state index >= 15 is 0 Å². The molecule has 110 valence electrons. The molecule has 0 atom stereocenters. The summed E-state index contributed by atoms with van der Waals surface area (Å²) in [7, 11) is 0. The molecule has 4 nitrogen and oxygen atoms in total. The first kappa shape index (κ1) is 13.9. The van der Waals surface area contributed by atoms with Crippen LogP contribution in [0.2, 0.25) is 0 Å². The Bertz CT molecular complexity index is 675. The molecule has 1 aliphatic rings. The number of halogens is 2. The molecule has 1 fully saturated rings. The van der Waals surface area contributed by atoms with Gasteiger partial charge in [0.05, 0.1) is 17.2 Å². The van der Waals surface area contributed by atoms with E-state index in [0.29, 0.717) is 37.4 Å². The van der Waals surface area contributed by atoms with Crippen LogP contribution in [0.15, 0.2) is 23.6 Å². The van der Waals surface area contributed by atoms with Crippen molar-refractivity contribution >= 4 is 17.4 Å². The second-order valence-corrected chi connectivity index (χ2v) is 5.55. The van der Waals surface area contributed by atoms with Crippen molar-refractivity contribution in [3.05, 3.63) is 40.2 Å². The fourth-order valence-corrected chi connectivity index (χ4v) is 2.87. The summed E-state index contributed by atoms with van der Waals surface area (Å²) in [5.41, 5.74) is 1.15. The lowest BCUT2D eigenvalue weighted by atomic mass is 10.1. The first-order valence-corrected chi connectivity index (χ1v) is 7.33. The van der Waals surface area contributed by atoms with Crippen LogP contribution < -0.4 is 0 Å². The van der Waals surface area contributed by atoms with Crippen LogP contribution in [-0.2, 0) is 11.2 Å². The largest absolute Gasteiger partial charge is 0.448 e. The lowest BCUT2D eigenvalue weighted by molar-refractivity contribution is 0.159. The summed E-state index contributed by atoms with van der Waals surface area (Å²) in [5, 5.41) is 2.64. The quantitative estimate of drug-likeness (QED) is 0.871. The molecule has 0 unspecified atom stereocenters. The number of nitrogens with zero attached hydrogens (tertiary/aromatic N) is 2. The van der Waals surface area contributed by atoms with E-state index in [1.165, 1.54) is 17.4 Å². The standard InChI is InChI=1S/C14H12F2N2O2S/c15-10-2-1-9(7-11(10)16)12-8-21-13(17-12)3-4-18-5-6-20-14(18)19/h1-2,7-8H,3-6H2. The number of rotatable bonds is 4. The predicted octanol–water partition coefficient (Wildman–Crippen LogP) is 3.08. The monoisotopic (exact) mass is 310 g/mol. The van der Waals surface area contributed by atoms with Crippen LogP contribution in [0.5, 0.6) is 0 Å². The van der Waals surface area contributed by atoms with Gasteiger partial charge >= 0.3 is 6.09 Å². The topological polar surface area (TPSA) is 42.4 Å². The second-order valence-electron chi connectivity index (χ2n) is 4.61. The van der Waals surface area contributed by atoms with Crippen LogP contribution in [0.1, 0.15) is 5.01 Å². The third-order valence-corrected chi connectivity index (χ3v) is 4.12. The summed E-state index contributed by atoms with van der Waals surface area (Å²) in [6, 6.07) is 3.71. The normalized spacial score (nSPS) is 14.6. The summed E-state index contributed by atoms with van der Waals surface area (Å²) in [6.07, 6.45) is 0.316. The van der Waals surface area contributed by atoms with Crippen molar-refractivity contribution in [2.24, 2.45) is 0 Å². The van der Waals surface area contributed by atoms with Crippen molar-refractivity contribution in [1.29, 1.82) is 0 Å². The smallest absolute Gasteiger partial charge is 0.409 e. The molecule has 1 saturated heterocycles. The Hall–Kier alpha value is -2.02. The maximum Gasteiger partial charge on any atom is 0.409 e. The highest BCUT2D eigenvalue weighted by molar-refractivity contribution is 7.09. The van der Waals surface area contributed by atoms with Crippen molar-refractivity contribution in [2.45, 2.75) is 6.42 Å². The highest BCUT2D eigenvalue weighted by Crippen LogP contribution is 2.24. The van der Waals surface area contributed by atoms with Crippen LogP contribution in [0, 0.1) is 11.6 Å². The maximum atomic E-state index is 13.2. The number of benzene rings is 1. The van der Waals surface area contributed by atoms with E-state index in [1.807, 2.05) is 0 Å². The molecule has 3 rings (SSSR count). The Balaban J connectivity index is 1.68. The van der Waals surface area contributed by atoms with E-state index < -0.39 is 11.6 Å². The molecule has 2 heterocycles. The first-order valence-electron chi connectivity index (χ1n) is 6.45. The molecule has 1 amide bonds. The molecule has 1 aliphatic heterocycles. The van der Waals surface area contributed by atoms with Crippen molar-refractivity contribution in [1.82, 2.24) is 9.88 Å². The summed E-state index contributed by atoms with van der Waals surface area (Å²) in [5.74, 6) is -1.76. The Morgan fingerprint density at radius 3 is 2.90 bits per heavy atom. The molecule has 1 aromatic carbocycles. The average molecular weight is 310 g/mol. The third-order valence-electron chi connectivity index (χ3n) is 3.21. The van der Waals surface area contributed by atoms with Gasteiger partial charge in [0.2, 0.25) is 0 Å². The van der Waals surface area contributed by atoms with Gasteiger partial charge in [-0.15, -0.1) is 11.3 Å². The zero-order valence-electron chi connectivity index (χ0n) is 11.0. The number of carbonyl (C=O) groups is 1. The Morgan fingerprint density at radius 2 is 2.19 bits per heavy atom. The van der Waals surface area contributed by atoms with Gasteiger partial charge in [-0.05, 0) is 18.2 Å². The molecule has 21 heavy (non-hydrogen) atoms. The number of carbonyl (C=O) groups excluding carboxylic acids is 1. The zero-order valence-corrected chi connectivity index (χ0v) is 11.8. The highest BCUT2D eigenvalue weighted by Gasteiger charge is 2.21. The van der Waals surface area contributed by atoms with Gasteiger partial charge in [-0.1, -0.05) is 0 Å². The van der Waals surface area contributed by atoms with E-state index in [-0.39, 0.29) is 6.09 Å². The van der Waals surface area contributed by atoms with Crippen molar-refractivity contribution in [3.8, 4) is 11.3 Å². The third kappa shape index (κ3) is 3.02. The molecule has 0 radical (unpaired) electrons. The minimum atomic E-state index is -0.887. The molecule has 0 saturated carbocycles. The van der Waals surface area contributed by atoms with E-state index in [2.05, 4.69) is 4.98 Å². The van der Waals surface area contributed by atoms with E-state index in [1.54, 1.807) is 10.3 Å². The van der Waals surface area contributed by atoms with Crippen molar-refractivity contribution in [3.63, 3.8) is 0 Å². The molecule has 7 heteroatoms. The average Bonchev–Trinajstić information content (AvgIpc) is 3.09. The number of hydrogen-bond acceptors (Lipinski definition) is 4. The van der Waals surface area contributed by atoms with Crippen LogP contribution in [0.3, 0.4) is 0 Å². The van der Waals surface area contributed by atoms with Gasteiger partial charge in [-0.25, -0.2) is 18.6 Å².